The van der Waals surface area contributed by atoms with E-state index in [1.807, 2.05) is 0 Å². The van der Waals surface area contributed by atoms with Crippen LogP contribution in [0.5, 0.6) is 0 Å². The van der Waals surface area contributed by atoms with Crippen LogP contribution in [0, 0.1) is 0 Å². The second-order valence-corrected chi connectivity index (χ2v) is 0.635. The Bertz CT molecular complexity index is 89.8. The molecule has 0 saturated carbocycles. The summed E-state index contributed by atoms with van der Waals surface area (Å²) in [6, 6.07) is 0. The molecule has 0 bridgehead atoms. The predicted molar refractivity (Wildman–Crippen MR) is 19.7 cm³/mol. The van der Waals surface area contributed by atoms with Gasteiger partial charge in [0.15, 0.2) is 0 Å². The molecule has 46 valence electrons. The molecule has 0 aromatic carbocycles. The van der Waals surface area contributed by atoms with E-state index in [2.05, 4.69) is 0 Å². The van der Waals surface area contributed by atoms with Crippen molar-refractivity contribution in [2.75, 3.05) is 6.61 Å². The van der Waals surface area contributed by atoms with Crippen molar-refractivity contribution in [3.8, 4) is 0 Å². The van der Waals surface area contributed by atoms with E-state index < -0.39 is 12.6 Å². The zero-order valence-corrected chi connectivity index (χ0v) is 3.83. The lowest BCUT2D eigenvalue weighted by atomic mass is 10.8. The molecule has 5 nitrogen and oxygen atoms in total. The largest absolute Gasteiger partial charge is 0.480 e. The molecule has 0 aliphatic carbocycles. The molecule has 0 fully saturated rings. The van der Waals surface area contributed by atoms with E-state index in [-0.39, 0.29) is 6.15 Å². The molecule has 2 N–H and O–H groups in total. The second-order valence-electron chi connectivity index (χ2n) is 0.635. The lowest BCUT2D eigenvalue weighted by Gasteiger charge is -1.72. The van der Waals surface area contributed by atoms with E-state index >= 15 is 0 Å². The fraction of sp³-hybridized carbons (Fsp3) is 0.333. The fourth-order valence-corrected chi connectivity index (χ4v) is 0. The molecule has 0 rings (SSSR count). The Labute approximate surface area is 44.5 Å². The van der Waals surface area contributed by atoms with Gasteiger partial charge in [-0.25, -0.2) is 4.79 Å². The normalized spacial score (nSPS) is 5.62. The molecule has 0 radical (unpaired) electrons. The van der Waals surface area contributed by atoms with Crippen LogP contribution >= 0.6 is 0 Å². The molecule has 0 aromatic rings. The number of carboxylic acids is 1. The fourth-order valence-electron chi connectivity index (χ4n) is 0. The molecule has 0 amide bonds. The van der Waals surface area contributed by atoms with Gasteiger partial charge in [-0.1, -0.05) is 0 Å². The van der Waals surface area contributed by atoms with Crippen molar-refractivity contribution in [3.05, 3.63) is 0 Å². The van der Waals surface area contributed by atoms with Crippen LogP contribution in [0.3, 0.4) is 0 Å². The van der Waals surface area contributed by atoms with Crippen molar-refractivity contribution in [1.82, 2.24) is 0 Å². The third-order valence-corrected chi connectivity index (χ3v) is 0.135. The van der Waals surface area contributed by atoms with Crippen molar-refractivity contribution in [1.29, 1.82) is 0 Å². The van der Waals surface area contributed by atoms with Gasteiger partial charge >= 0.3 is 12.1 Å². The summed E-state index contributed by atoms with van der Waals surface area (Å²) in [6.45, 7) is -0.778. The monoisotopic (exact) mass is 120 g/mol. The molecular formula is C3H4O5. The van der Waals surface area contributed by atoms with Gasteiger partial charge in [0.2, 0.25) is 0 Å². The molecule has 0 heterocycles. The summed E-state index contributed by atoms with van der Waals surface area (Å²) in [5, 5.41) is 15.0. The Kier molecular flexibility index (Phi) is 11.5. The summed E-state index contributed by atoms with van der Waals surface area (Å²) in [4.78, 5) is 25.4. The summed E-state index contributed by atoms with van der Waals surface area (Å²) in [6.07, 6.45) is 0.250. The Morgan fingerprint density at radius 1 is 1.50 bits per heavy atom. The molecule has 0 aliphatic heterocycles. The van der Waals surface area contributed by atoms with Gasteiger partial charge in [-0.15, -0.1) is 0 Å². The molecule has 0 aliphatic rings. The van der Waals surface area contributed by atoms with Gasteiger partial charge in [0, 0.05) is 0 Å². The van der Waals surface area contributed by atoms with Crippen LogP contribution in [0.15, 0.2) is 0 Å². The second kappa shape index (κ2) is 9.26. The van der Waals surface area contributed by atoms with Crippen LogP contribution < -0.4 is 0 Å². The maximum absolute atomic E-state index is 9.12. The minimum Gasteiger partial charge on any atom is -0.480 e. The van der Waals surface area contributed by atoms with E-state index in [1.54, 1.807) is 0 Å². The number of aliphatic hydroxyl groups is 1. The first-order valence-corrected chi connectivity index (χ1v) is 1.51. The van der Waals surface area contributed by atoms with Gasteiger partial charge < -0.3 is 10.2 Å². The lowest BCUT2D eigenvalue weighted by Crippen LogP contribution is -1.98. The maximum Gasteiger partial charge on any atom is 0.373 e. The smallest absolute Gasteiger partial charge is 0.373 e. The van der Waals surface area contributed by atoms with Gasteiger partial charge in [0.1, 0.15) is 6.61 Å². The van der Waals surface area contributed by atoms with Crippen molar-refractivity contribution in [2.24, 2.45) is 0 Å². The lowest BCUT2D eigenvalue weighted by molar-refractivity contribution is -0.191. The topological polar surface area (TPSA) is 91.7 Å². The van der Waals surface area contributed by atoms with Crippen LogP contribution in [0.1, 0.15) is 0 Å². The van der Waals surface area contributed by atoms with Crippen LogP contribution in [0.2, 0.25) is 0 Å². The van der Waals surface area contributed by atoms with E-state index in [4.69, 9.17) is 24.6 Å². The highest BCUT2D eigenvalue weighted by Gasteiger charge is 1.82. The Morgan fingerprint density at radius 3 is 1.62 bits per heavy atom. The number of aliphatic carboxylic acids is 1. The third kappa shape index (κ3) is 106. The summed E-state index contributed by atoms with van der Waals surface area (Å²) < 4.78 is 0. The first kappa shape index (κ1) is 9.94. The average molecular weight is 120 g/mol. The van der Waals surface area contributed by atoms with Gasteiger partial charge in [-0.05, 0) is 0 Å². The minimum atomic E-state index is -1.19. The van der Waals surface area contributed by atoms with E-state index in [0.29, 0.717) is 0 Å². The van der Waals surface area contributed by atoms with Crippen LogP contribution in [-0.2, 0) is 14.4 Å². The SMILES string of the molecule is O=C(O)CO.O=C=O. The molecule has 0 saturated heterocycles. The predicted octanol–water partition coefficient (Wildman–Crippen LogP) is -1.52. The van der Waals surface area contributed by atoms with Crippen LogP contribution in [-0.4, -0.2) is 28.9 Å². The van der Waals surface area contributed by atoms with Crippen molar-refractivity contribution in [2.45, 2.75) is 0 Å². The average Bonchev–Trinajstić information content (AvgIpc) is 1.69. The molecule has 5 heteroatoms. The number of carbonyl (C=O) groups excluding carboxylic acids is 2. The van der Waals surface area contributed by atoms with Gasteiger partial charge in [0.05, 0.1) is 0 Å². The first-order chi connectivity index (χ1) is 3.68. The number of hydrogen-bond acceptors (Lipinski definition) is 4. The summed E-state index contributed by atoms with van der Waals surface area (Å²) in [5.41, 5.74) is 0. The Hall–Kier alpha value is -1.19. The zero-order chi connectivity index (χ0) is 6.99. The number of carbonyl (C=O) groups is 1. The summed E-state index contributed by atoms with van der Waals surface area (Å²) in [7, 11) is 0. The molecule has 0 spiro atoms. The van der Waals surface area contributed by atoms with Gasteiger partial charge in [-0.2, -0.15) is 9.59 Å². The van der Waals surface area contributed by atoms with E-state index in [9.17, 15) is 0 Å². The van der Waals surface area contributed by atoms with Crippen LogP contribution in [0.25, 0.3) is 0 Å². The van der Waals surface area contributed by atoms with Crippen molar-refractivity contribution < 1.29 is 24.6 Å². The highest BCUT2D eigenvalue weighted by atomic mass is 16.4. The number of aliphatic hydroxyl groups excluding tert-OH is 1. The van der Waals surface area contributed by atoms with E-state index in [1.165, 1.54) is 0 Å². The Morgan fingerprint density at radius 2 is 1.62 bits per heavy atom. The molecule has 0 atom stereocenters. The molecule has 0 aromatic heterocycles. The highest BCUT2D eigenvalue weighted by Crippen LogP contribution is 1.48. The zero-order valence-electron chi connectivity index (χ0n) is 3.83. The minimum absolute atomic E-state index is 0.250. The Balaban J connectivity index is 0. The van der Waals surface area contributed by atoms with Crippen molar-refractivity contribution >= 4 is 12.1 Å². The highest BCUT2D eigenvalue weighted by molar-refractivity contribution is 5.67. The number of hydrogen-bond donors (Lipinski definition) is 2. The van der Waals surface area contributed by atoms with Gasteiger partial charge in [-0.3, -0.25) is 0 Å². The summed E-state index contributed by atoms with van der Waals surface area (Å²) in [5.74, 6) is -1.19. The number of carboxylic acid groups (broad SMARTS) is 1. The van der Waals surface area contributed by atoms with Crippen LogP contribution in [0.4, 0.5) is 0 Å². The van der Waals surface area contributed by atoms with Crippen molar-refractivity contribution in [3.63, 3.8) is 0 Å². The maximum atomic E-state index is 9.12. The first-order valence-electron chi connectivity index (χ1n) is 1.51. The molecule has 8 heavy (non-hydrogen) atoms. The van der Waals surface area contributed by atoms with Gasteiger partial charge in [0.25, 0.3) is 0 Å². The third-order valence-electron chi connectivity index (χ3n) is 0.135. The quantitative estimate of drug-likeness (QED) is 0.438. The standard InChI is InChI=1S/C2H4O3.CO2/c3-1-2(4)5;2-1-3/h3H,1H2,(H,4,5);. The van der Waals surface area contributed by atoms with E-state index in [0.717, 1.165) is 0 Å². The number of rotatable bonds is 1. The molecule has 0 unspecified atom stereocenters. The summed E-state index contributed by atoms with van der Waals surface area (Å²) >= 11 is 0. The molecular weight excluding hydrogens is 116 g/mol.